The van der Waals surface area contributed by atoms with E-state index in [1.807, 2.05) is 31.5 Å². The number of nitriles is 1. The number of allylic oxidation sites excluding steroid dienone is 3. The Morgan fingerprint density at radius 3 is 2.84 bits per heavy atom. The molecule has 0 amide bonds. The van der Waals surface area contributed by atoms with Gasteiger partial charge in [0, 0.05) is 25.0 Å². The van der Waals surface area contributed by atoms with E-state index in [0.29, 0.717) is 29.7 Å². The van der Waals surface area contributed by atoms with Gasteiger partial charge in [0.05, 0.1) is 17.3 Å². The summed E-state index contributed by atoms with van der Waals surface area (Å²) < 4.78 is 7.60. The lowest BCUT2D eigenvalue weighted by Crippen LogP contribution is -2.34. The van der Waals surface area contributed by atoms with E-state index < -0.39 is 5.92 Å². The predicted octanol–water partition coefficient (Wildman–Crippen LogP) is 3.05. The quantitative estimate of drug-likeness (QED) is 0.912. The molecule has 1 aliphatic carbocycles. The van der Waals surface area contributed by atoms with Crippen LogP contribution in [-0.4, -0.2) is 15.6 Å². The summed E-state index contributed by atoms with van der Waals surface area (Å²) in [6, 6.07) is 4.10. The first kappa shape index (κ1) is 17.3. The molecular weight excluding hydrogens is 316 g/mol. The fourth-order valence-corrected chi connectivity index (χ4v) is 3.77. The molecule has 0 bridgehead atoms. The Morgan fingerprint density at radius 1 is 1.48 bits per heavy atom. The van der Waals surface area contributed by atoms with E-state index >= 15 is 0 Å². The number of ether oxygens (including phenoxy) is 1. The molecule has 1 aliphatic heterocycles. The van der Waals surface area contributed by atoms with Crippen LogP contribution in [0.1, 0.15) is 57.3 Å². The van der Waals surface area contributed by atoms with Crippen molar-refractivity contribution in [3.05, 3.63) is 40.2 Å². The molecule has 0 fully saturated rings. The van der Waals surface area contributed by atoms with E-state index in [0.717, 1.165) is 24.4 Å². The number of nitrogens with two attached hydrogens (primary N) is 1. The van der Waals surface area contributed by atoms with Gasteiger partial charge >= 0.3 is 0 Å². The molecule has 0 saturated heterocycles. The Morgan fingerprint density at radius 2 is 2.20 bits per heavy atom. The van der Waals surface area contributed by atoms with Gasteiger partial charge < -0.3 is 10.5 Å². The van der Waals surface area contributed by atoms with Crippen LogP contribution in [0.25, 0.3) is 0 Å². The molecule has 1 aromatic rings. The summed E-state index contributed by atoms with van der Waals surface area (Å²) in [5.41, 5.74) is 8.43. The van der Waals surface area contributed by atoms with Gasteiger partial charge in [-0.25, -0.2) is 0 Å². The van der Waals surface area contributed by atoms with Crippen LogP contribution < -0.4 is 5.73 Å². The number of ketones is 1. The molecule has 1 unspecified atom stereocenters. The van der Waals surface area contributed by atoms with Crippen LogP contribution >= 0.6 is 0 Å². The van der Waals surface area contributed by atoms with E-state index in [1.54, 1.807) is 0 Å². The molecule has 25 heavy (non-hydrogen) atoms. The zero-order valence-electron chi connectivity index (χ0n) is 15.2. The summed E-state index contributed by atoms with van der Waals surface area (Å²) in [5.74, 6) is 0.229. The maximum atomic E-state index is 12.9. The highest BCUT2D eigenvalue weighted by Crippen LogP contribution is 2.47. The molecule has 0 aromatic carbocycles. The summed E-state index contributed by atoms with van der Waals surface area (Å²) in [6.45, 7) is 8.78. The maximum absolute atomic E-state index is 12.9. The predicted molar refractivity (Wildman–Crippen MR) is 93.0 cm³/mol. The van der Waals surface area contributed by atoms with E-state index in [2.05, 4.69) is 18.1 Å². The van der Waals surface area contributed by atoms with Crippen LogP contribution in [-0.2, 0) is 16.1 Å². The van der Waals surface area contributed by atoms with E-state index in [1.165, 1.54) is 0 Å². The molecule has 2 aliphatic rings. The number of nitrogens with zero attached hydrogens (tertiary/aromatic N) is 3. The molecule has 1 atom stereocenters. The number of Topliss-reactive ketones (excluding diaryl/α,β-unsaturated/α-hetero) is 1. The van der Waals surface area contributed by atoms with E-state index in [4.69, 9.17) is 10.5 Å². The van der Waals surface area contributed by atoms with Crippen molar-refractivity contribution < 1.29 is 9.53 Å². The molecule has 132 valence electrons. The maximum Gasteiger partial charge on any atom is 0.205 e. The van der Waals surface area contributed by atoms with Crippen LogP contribution in [0.2, 0.25) is 0 Å². The first-order valence-electron chi connectivity index (χ1n) is 8.65. The second-order valence-corrected chi connectivity index (χ2v) is 7.64. The molecule has 2 N–H and O–H groups in total. The minimum atomic E-state index is -0.495. The molecule has 0 saturated carbocycles. The first-order valence-corrected chi connectivity index (χ1v) is 8.65. The normalized spacial score (nSPS) is 22.5. The third-order valence-electron chi connectivity index (χ3n) is 4.74. The van der Waals surface area contributed by atoms with Gasteiger partial charge in [-0.15, -0.1) is 0 Å². The Kier molecular flexibility index (Phi) is 4.19. The molecule has 3 rings (SSSR count). The van der Waals surface area contributed by atoms with Gasteiger partial charge in [0.2, 0.25) is 5.88 Å². The van der Waals surface area contributed by atoms with E-state index in [-0.39, 0.29) is 17.1 Å². The van der Waals surface area contributed by atoms with Crippen LogP contribution in [0.4, 0.5) is 0 Å². The highest BCUT2D eigenvalue weighted by molar-refractivity contribution is 5.99. The Hall–Kier alpha value is -2.55. The van der Waals surface area contributed by atoms with Crippen molar-refractivity contribution in [1.82, 2.24) is 9.78 Å². The number of carbonyl (C=O) groups excluding carboxylic acids is 1. The Labute approximate surface area is 147 Å². The molecular formula is C19H24N4O2. The van der Waals surface area contributed by atoms with Gasteiger partial charge in [0.25, 0.3) is 0 Å². The lowest BCUT2D eigenvalue weighted by atomic mass is 9.71. The van der Waals surface area contributed by atoms with Crippen molar-refractivity contribution in [1.29, 1.82) is 5.26 Å². The first-order chi connectivity index (χ1) is 11.8. The number of aromatic nitrogens is 2. The summed E-state index contributed by atoms with van der Waals surface area (Å²) in [6.07, 6.45) is 1.97. The fourth-order valence-electron chi connectivity index (χ4n) is 3.77. The smallest absolute Gasteiger partial charge is 0.205 e. The summed E-state index contributed by atoms with van der Waals surface area (Å²) in [7, 11) is 0. The number of rotatable bonds is 3. The molecule has 1 aromatic heterocycles. The van der Waals surface area contributed by atoms with Crippen molar-refractivity contribution in [2.45, 2.75) is 59.4 Å². The molecule has 6 nitrogen and oxygen atoms in total. The molecule has 0 radical (unpaired) electrons. The second kappa shape index (κ2) is 6.07. The number of hydrogen-bond acceptors (Lipinski definition) is 5. The van der Waals surface area contributed by atoms with Gasteiger partial charge in [-0.3, -0.25) is 9.48 Å². The van der Waals surface area contributed by atoms with Crippen molar-refractivity contribution in [2.75, 3.05) is 0 Å². The zero-order valence-corrected chi connectivity index (χ0v) is 15.2. The molecule has 2 heterocycles. The SMILES string of the molecule is CCCn1nc(C)cc1C1C(C#N)=C(N)OC2=C1C(=O)CC(C)(C)C2. The topological polar surface area (TPSA) is 93.9 Å². The third kappa shape index (κ3) is 2.95. The van der Waals surface area contributed by atoms with Gasteiger partial charge in [-0.05, 0) is 24.8 Å². The number of hydrogen-bond donors (Lipinski definition) is 1. The summed E-state index contributed by atoms with van der Waals surface area (Å²) in [5, 5.41) is 14.2. The van der Waals surface area contributed by atoms with Crippen LogP contribution in [0.5, 0.6) is 0 Å². The van der Waals surface area contributed by atoms with Crippen LogP contribution in [0, 0.1) is 23.7 Å². The summed E-state index contributed by atoms with van der Waals surface area (Å²) >= 11 is 0. The lowest BCUT2D eigenvalue weighted by molar-refractivity contribution is -0.119. The van der Waals surface area contributed by atoms with Crippen LogP contribution in [0.3, 0.4) is 0 Å². The Balaban J connectivity index is 2.20. The highest BCUT2D eigenvalue weighted by Gasteiger charge is 2.44. The average Bonchev–Trinajstić information content (AvgIpc) is 2.85. The lowest BCUT2D eigenvalue weighted by Gasteiger charge is -2.37. The van der Waals surface area contributed by atoms with Crippen molar-refractivity contribution in [2.24, 2.45) is 11.1 Å². The third-order valence-corrected chi connectivity index (χ3v) is 4.74. The van der Waals surface area contributed by atoms with Crippen molar-refractivity contribution in [3.8, 4) is 6.07 Å². The Bertz CT molecular complexity index is 836. The zero-order chi connectivity index (χ0) is 18.4. The van der Waals surface area contributed by atoms with Gasteiger partial charge in [-0.2, -0.15) is 10.4 Å². The molecule has 0 spiro atoms. The van der Waals surface area contributed by atoms with Gasteiger partial charge in [-0.1, -0.05) is 20.8 Å². The second-order valence-electron chi connectivity index (χ2n) is 7.64. The minimum absolute atomic E-state index is 0.0263. The fraction of sp³-hybridized carbons (Fsp3) is 0.526. The standard InChI is InChI=1S/C19H24N4O2/c1-5-6-23-13(7-11(2)22-23)16-12(10-20)18(21)25-15-9-19(3,4)8-14(24)17(15)16/h7,16H,5-6,8-9,21H2,1-4H3. The van der Waals surface area contributed by atoms with Gasteiger partial charge in [0.15, 0.2) is 5.78 Å². The van der Waals surface area contributed by atoms with Gasteiger partial charge in [0.1, 0.15) is 17.4 Å². The number of aryl methyl sites for hydroxylation is 2. The minimum Gasteiger partial charge on any atom is -0.444 e. The van der Waals surface area contributed by atoms with Crippen molar-refractivity contribution in [3.63, 3.8) is 0 Å². The summed E-state index contributed by atoms with van der Waals surface area (Å²) in [4.78, 5) is 12.9. The van der Waals surface area contributed by atoms with Crippen molar-refractivity contribution >= 4 is 5.78 Å². The molecule has 6 heteroatoms. The number of carbonyl (C=O) groups is 1. The van der Waals surface area contributed by atoms with E-state index in [9.17, 15) is 10.1 Å². The largest absolute Gasteiger partial charge is 0.444 e. The monoisotopic (exact) mass is 340 g/mol. The average molecular weight is 340 g/mol. The highest BCUT2D eigenvalue weighted by atomic mass is 16.5. The van der Waals surface area contributed by atoms with Crippen LogP contribution in [0.15, 0.2) is 28.9 Å².